The minimum Gasteiger partial charge on any atom is -0.407 e. The fraction of sp³-hybridized carbons (Fsp3) is 0.118. The maximum atomic E-state index is 11.8. The molecular formula is C17H16N4O2. The first-order valence-corrected chi connectivity index (χ1v) is 7.20. The predicted octanol–water partition coefficient (Wildman–Crippen LogP) is 2.62. The first kappa shape index (κ1) is 14.8. The first-order valence-electron chi connectivity index (χ1n) is 7.20. The van der Waals surface area contributed by atoms with E-state index in [-0.39, 0.29) is 0 Å². The topological polar surface area (TPSA) is 69.0 Å². The molecule has 0 bridgehead atoms. The van der Waals surface area contributed by atoms with Crippen molar-refractivity contribution < 1.29 is 9.53 Å². The van der Waals surface area contributed by atoms with Crippen LogP contribution in [-0.2, 0) is 13.1 Å². The number of carbonyl (C=O) groups excluding carboxylic acids is 1. The minimum atomic E-state index is -0.520. The van der Waals surface area contributed by atoms with Crippen molar-refractivity contribution in [2.75, 3.05) is 0 Å². The van der Waals surface area contributed by atoms with E-state index < -0.39 is 6.09 Å². The Hall–Kier alpha value is -3.15. The van der Waals surface area contributed by atoms with Crippen LogP contribution in [-0.4, -0.2) is 20.9 Å². The summed E-state index contributed by atoms with van der Waals surface area (Å²) in [6.45, 7) is 0.992. The van der Waals surface area contributed by atoms with Gasteiger partial charge in [-0.3, -0.25) is 9.67 Å². The van der Waals surface area contributed by atoms with Gasteiger partial charge in [0.05, 0.1) is 18.9 Å². The Morgan fingerprint density at radius 2 is 1.91 bits per heavy atom. The number of benzene rings is 1. The molecule has 0 atom stereocenters. The van der Waals surface area contributed by atoms with Crippen molar-refractivity contribution in [3.05, 3.63) is 78.4 Å². The van der Waals surface area contributed by atoms with Crippen molar-refractivity contribution in [2.45, 2.75) is 13.1 Å². The maximum absolute atomic E-state index is 11.8. The van der Waals surface area contributed by atoms with E-state index in [0.717, 1.165) is 11.1 Å². The highest BCUT2D eigenvalue weighted by Gasteiger charge is 2.07. The normalized spacial score (nSPS) is 10.3. The van der Waals surface area contributed by atoms with Gasteiger partial charge in [0.15, 0.2) is 5.75 Å². The monoisotopic (exact) mass is 308 g/mol. The van der Waals surface area contributed by atoms with Crippen LogP contribution in [0.5, 0.6) is 5.75 Å². The molecule has 1 N–H and O–H groups in total. The van der Waals surface area contributed by atoms with Crippen molar-refractivity contribution in [1.29, 1.82) is 0 Å². The van der Waals surface area contributed by atoms with Gasteiger partial charge in [-0.1, -0.05) is 36.4 Å². The van der Waals surface area contributed by atoms with Crippen molar-refractivity contribution in [2.24, 2.45) is 0 Å². The van der Waals surface area contributed by atoms with E-state index in [9.17, 15) is 4.79 Å². The molecular weight excluding hydrogens is 292 g/mol. The molecule has 0 spiro atoms. The highest BCUT2D eigenvalue weighted by molar-refractivity contribution is 5.70. The van der Waals surface area contributed by atoms with E-state index in [2.05, 4.69) is 15.4 Å². The zero-order valence-corrected chi connectivity index (χ0v) is 12.4. The van der Waals surface area contributed by atoms with Gasteiger partial charge in [0, 0.05) is 18.9 Å². The summed E-state index contributed by atoms with van der Waals surface area (Å²) in [6, 6.07) is 13.6. The second-order valence-electron chi connectivity index (χ2n) is 4.96. The van der Waals surface area contributed by atoms with Gasteiger partial charge < -0.3 is 10.1 Å². The van der Waals surface area contributed by atoms with E-state index in [1.807, 2.05) is 42.5 Å². The van der Waals surface area contributed by atoms with E-state index in [4.69, 9.17) is 4.74 Å². The molecule has 0 unspecified atom stereocenters. The summed E-state index contributed by atoms with van der Waals surface area (Å²) >= 11 is 0. The standard InChI is InChI=1S/C17H16N4O2/c22-17(19-10-15-7-4-8-18-9-15)23-16-11-20-21(13-16)12-14-5-2-1-3-6-14/h1-9,11,13H,10,12H2,(H,19,22). The number of nitrogens with zero attached hydrogens (tertiary/aromatic N) is 3. The smallest absolute Gasteiger partial charge is 0.407 e. The quantitative estimate of drug-likeness (QED) is 0.786. The number of hydrogen-bond acceptors (Lipinski definition) is 4. The molecule has 3 aromatic rings. The third kappa shape index (κ3) is 4.41. The van der Waals surface area contributed by atoms with E-state index in [1.54, 1.807) is 23.3 Å². The number of amides is 1. The average Bonchev–Trinajstić information content (AvgIpc) is 3.02. The molecule has 0 aliphatic heterocycles. The van der Waals surface area contributed by atoms with Crippen LogP contribution in [0, 0.1) is 0 Å². The third-order valence-corrected chi connectivity index (χ3v) is 3.17. The van der Waals surface area contributed by atoms with Gasteiger partial charge in [-0.2, -0.15) is 5.10 Å². The summed E-state index contributed by atoms with van der Waals surface area (Å²) in [5.74, 6) is 0.407. The molecule has 1 amide bonds. The van der Waals surface area contributed by atoms with Gasteiger partial charge in [0.25, 0.3) is 0 Å². The molecule has 0 saturated heterocycles. The van der Waals surface area contributed by atoms with Gasteiger partial charge >= 0.3 is 6.09 Å². The van der Waals surface area contributed by atoms with E-state index in [0.29, 0.717) is 18.8 Å². The number of aromatic nitrogens is 3. The summed E-state index contributed by atoms with van der Waals surface area (Å²) in [6.07, 6.45) is 6.07. The Bertz CT molecular complexity index is 757. The lowest BCUT2D eigenvalue weighted by molar-refractivity contribution is 0.200. The fourth-order valence-corrected chi connectivity index (χ4v) is 2.07. The van der Waals surface area contributed by atoms with Gasteiger partial charge in [0.1, 0.15) is 0 Å². The number of pyridine rings is 1. The minimum absolute atomic E-state index is 0.366. The summed E-state index contributed by atoms with van der Waals surface area (Å²) in [4.78, 5) is 15.7. The zero-order chi connectivity index (χ0) is 15.9. The zero-order valence-electron chi connectivity index (χ0n) is 12.4. The molecule has 2 heterocycles. The number of ether oxygens (including phenoxy) is 1. The van der Waals surface area contributed by atoms with Crippen molar-refractivity contribution in [3.8, 4) is 5.75 Å². The molecule has 0 aliphatic rings. The van der Waals surface area contributed by atoms with Crippen LogP contribution >= 0.6 is 0 Å². The van der Waals surface area contributed by atoms with Gasteiger partial charge in [-0.15, -0.1) is 0 Å². The summed E-state index contributed by atoms with van der Waals surface area (Å²) in [5, 5.41) is 6.85. The number of hydrogen-bond donors (Lipinski definition) is 1. The summed E-state index contributed by atoms with van der Waals surface area (Å²) in [5.41, 5.74) is 2.03. The van der Waals surface area contributed by atoms with Crippen LogP contribution in [0.2, 0.25) is 0 Å². The number of rotatable bonds is 5. The van der Waals surface area contributed by atoms with Crippen LogP contribution in [0.25, 0.3) is 0 Å². The predicted molar refractivity (Wildman–Crippen MR) is 84.9 cm³/mol. The lowest BCUT2D eigenvalue weighted by atomic mass is 10.2. The van der Waals surface area contributed by atoms with Gasteiger partial charge in [-0.25, -0.2) is 4.79 Å². The van der Waals surface area contributed by atoms with Crippen LogP contribution < -0.4 is 10.1 Å². The Balaban J connectivity index is 1.51. The molecule has 0 saturated carbocycles. The Labute approximate surface area is 133 Å². The largest absolute Gasteiger partial charge is 0.412 e. The number of carbonyl (C=O) groups is 1. The molecule has 0 radical (unpaired) electrons. The van der Waals surface area contributed by atoms with Crippen molar-refractivity contribution >= 4 is 6.09 Å². The fourth-order valence-electron chi connectivity index (χ4n) is 2.07. The average molecular weight is 308 g/mol. The van der Waals surface area contributed by atoms with Gasteiger partial charge in [0.2, 0.25) is 0 Å². The highest BCUT2D eigenvalue weighted by atomic mass is 16.6. The van der Waals surface area contributed by atoms with Crippen LogP contribution in [0.1, 0.15) is 11.1 Å². The second kappa shape index (κ2) is 7.22. The molecule has 116 valence electrons. The SMILES string of the molecule is O=C(NCc1cccnc1)Oc1cnn(Cc2ccccc2)c1. The molecule has 3 rings (SSSR count). The molecule has 0 fully saturated rings. The van der Waals surface area contributed by atoms with E-state index >= 15 is 0 Å². The maximum Gasteiger partial charge on any atom is 0.412 e. The Morgan fingerprint density at radius 1 is 1.09 bits per heavy atom. The molecule has 6 heteroatoms. The highest BCUT2D eigenvalue weighted by Crippen LogP contribution is 2.10. The van der Waals surface area contributed by atoms with Crippen LogP contribution in [0.4, 0.5) is 4.79 Å². The molecule has 6 nitrogen and oxygen atoms in total. The molecule has 23 heavy (non-hydrogen) atoms. The second-order valence-corrected chi connectivity index (χ2v) is 4.96. The lowest BCUT2D eigenvalue weighted by Crippen LogP contribution is -2.26. The molecule has 1 aromatic carbocycles. The van der Waals surface area contributed by atoms with Crippen molar-refractivity contribution in [3.63, 3.8) is 0 Å². The van der Waals surface area contributed by atoms with Crippen LogP contribution in [0.3, 0.4) is 0 Å². The van der Waals surface area contributed by atoms with Crippen LogP contribution in [0.15, 0.2) is 67.3 Å². The molecule has 2 aromatic heterocycles. The van der Waals surface area contributed by atoms with E-state index in [1.165, 1.54) is 6.20 Å². The Kier molecular flexibility index (Phi) is 4.63. The summed E-state index contributed by atoms with van der Waals surface area (Å²) in [7, 11) is 0. The third-order valence-electron chi connectivity index (χ3n) is 3.17. The lowest BCUT2D eigenvalue weighted by Gasteiger charge is -2.04. The first-order chi connectivity index (χ1) is 11.3. The number of nitrogens with one attached hydrogen (secondary N) is 1. The summed E-state index contributed by atoms with van der Waals surface area (Å²) < 4.78 is 6.92. The van der Waals surface area contributed by atoms with Crippen molar-refractivity contribution in [1.82, 2.24) is 20.1 Å². The van der Waals surface area contributed by atoms with Gasteiger partial charge in [-0.05, 0) is 17.2 Å². The molecule has 0 aliphatic carbocycles. The Morgan fingerprint density at radius 3 is 2.70 bits per heavy atom.